The number of carbonyl (C=O) groups is 1. The van der Waals surface area contributed by atoms with Crippen molar-refractivity contribution in [3.05, 3.63) is 83.7 Å². The van der Waals surface area contributed by atoms with Gasteiger partial charge in [-0.2, -0.15) is 18.4 Å². The third-order valence-corrected chi connectivity index (χ3v) is 4.39. The second-order valence-corrected chi connectivity index (χ2v) is 6.71. The fourth-order valence-corrected chi connectivity index (χ4v) is 2.86. The Balaban J connectivity index is 1.69. The van der Waals surface area contributed by atoms with E-state index in [2.05, 4.69) is 16.4 Å². The molecule has 0 aliphatic rings. The van der Waals surface area contributed by atoms with Gasteiger partial charge in [0.05, 0.1) is 23.9 Å². The first-order valence-corrected chi connectivity index (χ1v) is 9.61. The van der Waals surface area contributed by atoms with Gasteiger partial charge in [0.15, 0.2) is 18.1 Å². The summed E-state index contributed by atoms with van der Waals surface area (Å²) in [6.45, 7) is -0.445. The third-order valence-electron chi connectivity index (χ3n) is 4.39. The molecule has 1 amide bonds. The van der Waals surface area contributed by atoms with Gasteiger partial charge in [0.2, 0.25) is 0 Å². The summed E-state index contributed by atoms with van der Waals surface area (Å²) in [5.74, 6) is -0.0682. The number of benzene rings is 2. The minimum atomic E-state index is -4.51. The lowest BCUT2D eigenvalue weighted by molar-refractivity contribution is -0.137. The van der Waals surface area contributed by atoms with Crippen molar-refractivity contribution in [2.75, 3.05) is 19.0 Å². The van der Waals surface area contributed by atoms with Crippen molar-refractivity contribution in [3.8, 4) is 17.6 Å². The number of ether oxygens (including phenoxy) is 2. The van der Waals surface area contributed by atoms with Gasteiger partial charge in [-0.15, -0.1) is 0 Å². The summed E-state index contributed by atoms with van der Waals surface area (Å²) in [5.41, 5.74) is 0.658. The van der Waals surface area contributed by atoms with Gasteiger partial charge < -0.3 is 14.8 Å². The minimum absolute atomic E-state index is 0.00410. The van der Waals surface area contributed by atoms with Crippen LogP contribution in [-0.2, 0) is 11.0 Å². The summed E-state index contributed by atoms with van der Waals surface area (Å²) < 4.78 is 49.2. The fraction of sp³-hybridized carbons (Fsp3) is 0.125. The summed E-state index contributed by atoms with van der Waals surface area (Å²) in [7, 11) is 1.42. The van der Waals surface area contributed by atoms with Crippen molar-refractivity contribution in [2.45, 2.75) is 6.18 Å². The van der Waals surface area contributed by atoms with Gasteiger partial charge in [-0.3, -0.25) is 9.78 Å². The number of rotatable bonds is 7. The van der Waals surface area contributed by atoms with Crippen molar-refractivity contribution < 1.29 is 27.4 Å². The number of pyridine rings is 1. The van der Waals surface area contributed by atoms with Crippen molar-refractivity contribution in [1.29, 1.82) is 5.26 Å². The largest absolute Gasteiger partial charge is 0.493 e. The lowest BCUT2D eigenvalue weighted by Crippen LogP contribution is -2.20. The Kier molecular flexibility index (Phi) is 7.31. The van der Waals surface area contributed by atoms with Crippen molar-refractivity contribution in [3.63, 3.8) is 0 Å². The highest BCUT2D eigenvalue weighted by Crippen LogP contribution is 2.31. The fourth-order valence-electron chi connectivity index (χ4n) is 2.86. The number of anilines is 1. The molecular formula is C24H18F3N3O3. The van der Waals surface area contributed by atoms with E-state index < -0.39 is 24.3 Å². The molecule has 0 bridgehead atoms. The van der Waals surface area contributed by atoms with E-state index in [4.69, 9.17) is 9.47 Å². The van der Waals surface area contributed by atoms with Crippen LogP contribution < -0.4 is 14.8 Å². The average Bonchev–Trinajstić information content (AvgIpc) is 2.81. The summed E-state index contributed by atoms with van der Waals surface area (Å²) in [6, 6.07) is 16.5. The summed E-state index contributed by atoms with van der Waals surface area (Å²) >= 11 is 0. The lowest BCUT2D eigenvalue weighted by Gasteiger charge is -2.12. The monoisotopic (exact) mass is 453 g/mol. The van der Waals surface area contributed by atoms with Crippen LogP contribution in [0.25, 0.3) is 11.6 Å². The number of alkyl halides is 3. The Morgan fingerprint density at radius 2 is 1.94 bits per heavy atom. The van der Waals surface area contributed by atoms with Crippen LogP contribution in [0.3, 0.4) is 0 Å². The second kappa shape index (κ2) is 10.3. The molecule has 0 aliphatic carbocycles. The van der Waals surface area contributed by atoms with Crippen molar-refractivity contribution in [1.82, 2.24) is 4.98 Å². The van der Waals surface area contributed by atoms with Gasteiger partial charge in [-0.25, -0.2) is 0 Å². The summed E-state index contributed by atoms with van der Waals surface area (Å²) in [4.78, 5) is 16.3. The highest BCUT2D eigenvalue weighted by molar-refractivity contribution is 5.92. The van der Waals surface area contributed by atoms with Crippen LogP contribution in [0.2, 0.25) is 0 Å². The molecule has 0 unspecified atom stereocenters. The molecule has 2 aromatic carbocycles. The molecule has 1 N–H and O–H groups in total. The van der Waals surface area contributed by atoms with Crippen molar-refractivity contribution in [2.24, 2.45) is 0 Å². The number of amides is 1. The number of hydrogen-bond acceptors (Lipinski definition) is 5. The topological polar surface area (TPSA) is 84.2 Å². The quantitative estimate of drug-likeness (QED) is 0.498. The zero-order valence-electron chi connectivity index (χ0n) is 17.4. The highest BCUT2D eigenvalue weighted by atomic mass is 19.4. The second-order valence-electron chi connectivity index (χ2n) is 6.71. The Hall–Kier alpha value is -4.32. The molecule has 1 aromatic heterocycles. The number of nitriles is 1. The molecule has 168 valence electrons. The predicted molar refractivity (Wildman–Crippen MR) is 116 cm³/mol. The zero-order valence-corrected chi connectivity index (χ0v) is 17.4. The van der Waals surface area contributed by atoms with Gasteiger partial charge in [0.25, 0.3) is 5.91 Å². The first-order valence-electron chi connectivity index (χ1n) is 9.61. The zero-order chi connectivity index (χ0) is 23.8. The normalized spacial score (nSPS) is 11.4. The number of halogens is 3. The maximum Gasteiger partial charge on any atom is 0.416 e. The number of allylic oxidation sites excluding steroid dienone is 1. The Bertz CT molecular complexity index is 1200. The SMILES string of the molecule is COc1cc(/C=C(\C#N)c2ccccn2)ccc1OCC(=O)Nc1cccc(C(F)(F)F)c1. The Morgan fingerprint density at radius 3 is 2.61 bits per heavy atom. The highest BCUT2D eigenvalue weighted by Gasteiger charge is 2.30. The Morgan fingerprint density at radius 1 is 1.12 bits per heavy atom. The van der Waals surface area contributed by atoms with Crippen LogP contribution in [0.1, 0.15) is 16.8 Å². The molecule has 33 heavy (non-hydrogen) atoms. The first kappa shape index (κ1) is 23.3. The third kappa shape index (κ3) is 6.33. The average molecular weight is 453 g/mol. The van der Waals surface area contributed by atoms with E-state index in [1.165, 1.54) is 19.2 Å². The predicted octanol–water partition coefficient (Wildman–Crippen LogP) is 5.19. The summed E-state index contributed by atoms with van der Waals surface area (Å²) in [6.07, 6.45) is -1.29. The lowest BCUT2D eigenvalue weighted by atomic mass is 10.1. The molecule has 0 saturated carbocycles. The number of methoxy groups -OCH3 is 1. The van der Waals surface area contributed by atoms with Crippen molar-refractivity contribution >= 4 is 23.2 Å². The molecule has 9 heteroatoms. The van der Waals surface area contributed by atoms with Crippen LogP contribution >= 0.6 is 0 Å². The van der Waals surface area contributed by atoms with Gasteiger partial charge in [-0.1, -0.05) is 18.2 Å². The van der Waals surface area contributed by atoms with Gasteiger partial charge in [0.1, 0.15) is 6.07 Å². The number of carbonyl (C=O) groups excluding carboxylic acids is 1. The molecule has 0 saturated heterocycles. The Labute approximate surface area is 187 Å². The molecule has 0 atom stereocenters. The molecule has 0 aliphatic heterocycles. The van der Waals surface area contributed by atoms with Crippen LogP contribution in [0.4, 0.5) is 18.9 Å². The van der Waals surface area contributed by atoms with Crippen LogP contribution in [0.5, 0.6) is 11.5 Å². The number of nitrogens with one attached hydrogen (secondary N) is 1. The van der Waals surface area contributed by atoms with E-state index in [9.17, 15) is 23.2 Å². The standard InChI is InChI=1S/C24H18F3N3O3/c1-32-22-12-16(11-17(14-28)20-7-2-3-10-29-20)8-9-21(22)33-15-23(31)30-19-6-4-5-18(13-19)24(25,26)27/h2-13H,15H2,1H3,(H,30,31)/b17-11+. The van der Waals surface area contributed by atoms with Crippen LogP contribution in [0, 0.1) is 11.3 Å². The first-order chi connectivity index (χ1) is 15.8. The number of nitrogens with zero attached hydrogens (tertiary/aromatic N) is 2. The van der Waals surface area contributed by atoms with Gasteiger partial charge in [-0.05, 0) is 54.1 Å². The minimum Gasteiger partial charge on any atom is -0.493 e. The molecule has 6 nitrogen and oxygen atoms in total. The van der Waals surface area contributed by atoms with E-state index in [-0.39, 0.29) is 11.4 Å². The van der Waals surface area contributed by atoms with Crippen LogP contribution in [0.15, 0.2) is 66.9 Å². The summed E-state index contributed by atoms with van der Waals surface area (Å²) in [5, 5.41) is 11.8. The van der Waals surface area contributed by atoms with E-state index in [1.54, 1.807) is 48.7 Å². The molecule has 0 spiro atoms. The number of aromatic nitrogens is 1. The molecule has 3 rings (SSSR count). The molecule has 0 fully saturated rings. The van der Waals surface area contributed by atoms with E-state index in [1.807, 2.05) is 0 Å². The molecular weight excluding hydrogens is 435 g/mol. The molecule has 1 heterocycles. The van der Waals surface area contributed by atoms with Gasteiger partial charge >= 0.3 is 6.18 Å². The van der Waals surface area contributed by atoms with Gasteiger partial charge in [0, 0.05) is 11.9 Å². The van der Waals surface area contributed by atoms with Crippen LogP contribution in [-0.4, -0.2) is 24.6 Å². The van der Waals surface area contributed by atoms with E-state index >= 15 is 0 Å². The molecule has 0 radical (unpaired) electrons. The number of hydrogen-bond donors (Lipinski definition) is 1. The maximum absolute atomic E-state index is 12.8. The maximum atomic E-state index is 12.8. The molecule has 3 aromatic rings. The smallest absolute Gasteiger partial charge is 0.416 e. The van der Waals surface area contributed by atoms with E-state index in [0.29, 0.717) is 22.6 Å². The van der Waals surface area contributed by atoms with E-state index in [0.717, 1.165) is 12.1 Å².